The molecule has 1 amide bonds. The molecule has 110 valence electrons. The van der Waals surface area contributed by atoms with Crippen LogP contribution in [0.4, 0.5) is 10.1 Å². The summed E-state index contributed by atoms with van der Waals surface area (Å²) in [6.45, 7) is 0.605. The van der Waals surface area contributed by atoms with E-state index in [9.17, 15) is 9.18 Å². The van der Waals surface area contributed by atoms with Crippen LogP contribution < -0.4 is 10.6 Å². The molecular weight excluding hydrogens is 335 g/mol. The van der Waals surface area contributed by atoms with Crippen LogP contribution in [-0.2, 0) is 17.8 Å². The summed E-state index contributed by atoms with van der Waals surface area (Å²) in [4.78, 5) is 11.3. The van der Waals surface area contributed by atoms with Crippen molar-refractivity contribution < 1.29 is 9.18 Å². The number of rotatable bonds is 5. The first-order valence-corrected chi connectivity index (χ1v) is 7.35. The number of halogens is 2. The van der Waals surface area contributed by atoms with Crippen LogP contribution in [0.25, 0.3) is 0 Å². The van der Waals surface area contributed by atoms with Gasteiger partial charge in [0.2, 0.25) is 5.91 Å². The molecule has 0 saturated heterocycles. The smallest absolute Gasteiger partial charge is 0.224 e. The molecule has 0 atom stereocenters. The SMILES string of the molecule is CNC(=O)Cc1ccc(NCc2ccc(F)c(Br)c2)cc1. The summed E-state index contributed by atoms with van der Waals surface area (Å²) in [6.07, 6.45) is 0.377. The van der Waals surface area contributed by atoms with E-state index in [0.717, 1.165) is 16.8 Å². The van der Waals surface area contributed by atoms with Gasteiger partial charge in [-0.15, -0.1) is 0 Å². The summed E-state index contributed by atoms with van der Waals surface area (Å²) in [5.74, 6) is -0.274. The van der Waals surface area contributed by atoms with Crippen LogP contribution in [0.3, 0.4) is 0 Å². The fourth-order valence-electron chi connectivity index (χ4n) is 1.87. The number of anilines is 1. The van der Waals surface area contributed by atoms with Crippen molar-refractivity contribution in [3.05, 3.63) is 63.9 Å². The molecule has 0 aliphatic heterocycles. The Kier molecular flexibility index (Phi) is 5.33. The van der Waals surface area contributed by atoms with E-state index >= 15 is 0 Å². The number of hydrogen-bond acceptors (Lipinski definition) is 2. The number of carbonyl (C=O) groups is 1. The fourth-order valence-corrected chi connectivity index (χ4v) is 2.29. The van der Waals surface area contributed by atoms with E-state index in [1.54, 1.807) is 19.2 Å². The number of amides is 1. The molecule has 0 aromatic heterocycles. The van der Waals surface area contributed by atoms with Crippen molar-refractivity contribution in [2.24, 2.45) is 0 Å². The molecule has 2 aromatic carbocycles. The summed E-state index contributed by atoms with van der Waals surface area (Å²) in [6, 6.07) is 12.6. The second kappa shape index (κ2) is 7.22. The van der Waals surface area contributed by atoms with Gasteiger partial charge in [-0.05, 0) is 51.3 Å². The summed E-state index contributed by atoms with van der Waals surface area (Å²) < 4.78 is 13.6. The Bertz CT molecular complexity index is 629. The lowest BCUT2D eigenvalue weighted by Gasteiger charge is -2.08. The molecule has 5 heteroatoms. The summed E-state index contributed by atoms with van der Waals surface area (Å²) in [5.41, 5.74) is 2.90. The lowest BCUT2D eigenvalue weighted by Crippen LogP contribution is -2.19. The molecule has 0 heterocycles. The van der Waals surface area contributed by atoms with E-state index in [1.165, 1.54) is 6.07 Å². The summed E-state index contributed by atoms with van der Waals surface area (Å²) in [7, 11) is 1.62. The van der Waals surface area contributed by atoms with Crippen molar-refractivity contribution in [1.29, 1.82) is 0 Å². The van der Waals surface area contributed by atoms with Crippen molar-refractivity contribution in [2.75, 3.05) is 12.4 Å². The zero-order chi connectivity index (χ0) is 15.2. The van der Waals surface area contributed by atoms with Crippen LogP contribution in [0, 0.1) is 5.82 Å². The average molecular weight is 351 g/mol. The molecule has 21 heavy (non-hydrogen) atoms. The quantitative estimate of drug-likeness (QED) is 0.866. The Labute approximate surface area is 131 Å². The molecule has 0 aliphatic rings. The second-order valence-electron chi connectivity index (χ2n) is 4.65. The van der Waals surface area contributed by atoms with E-state index in [-0.39, 0.29) is 11.7 Å². The standard InChI is InChI=1S/C16H16BrFN2O/c1-19-16(21)9-11-2-5-13(6-3-11)20-10-12-4-7-15(18)14(17)8-12/h2-8,20H,9-10H2,1H3,(H,19,21). The third-order valence-corrected chi connectivity index (χ3v) is 3.69. The Morgan fingerprint density at radius 2 is 1.81 bits per heavy atom. The number of hydrogen-bond donors (Lipinski definition) is 2. The largest absolute Gasteiger partial charge is 0.381 e. The monoisotopic (exact) mass is 350 g/mol. The number of nitrogens with one attached hydrogen (secondary N) is 2. The molecule has 2 aromatic rings. The van der Waals surface area contributed by atoms with Crippen molar-refractivity contribution in [1.82, 2.24) is 5.32 Å². The Morgan fingerprint density at radius 1 is 1.14 bits per heavy atom. The predicted octanol–water partition coefficient (Wildman–Crippen LogP) is 3.49. The maximum Gasteiger partial charge on any atom is 0.224 e. The third-order valence-electron chi connectivity index (χ3n) is 3.08. The van der Waals surface area contributed by atoms with Crippen LogP contribution in [0.2, 0.25) is 0 Å². The highest BCUT2D eigenvalue weighted by Crippen LogP contribution is 2.18. The van der Waals surface area contributed by atoms with Gasteiger partial charge >= 0.3 is 0 Å². The highest BCUT2D eigenvalue weighted by atomic mass is 79.9. The second-order valence-corrected chi connectivity index (χ2v) is 5.50. The molecule has 3 nitrogen and oxygen atoms in total. The Balaban J connectivity index is 1.94. The predicted molar refractivity (Wildman–Crippen MR) is 85.6 cm³/mol. The van der Waals surface area contributed by atoms with Crippen LogP contribution >= 0.6 is 15.9 Å². The van der Waals surface area contributed by atoms with Crippen molar-refractivity contribution in [3.8, 4) is 0 Å². The van der Waals surface area contributed by atoms with E-state index in [4.69, 9.17) is 0 Å². The summed E-state index contributed by atoms with van der Waals surface area (Å²) in [5, 5.41) is 5.85. The molecule has 0 saturated carbocycles. The third kappa shape index (κ3) is 4.56. The van der Waals surface area contributed by atoms with Crippen LogP contribution in [0.15, 0.2) is 46.9 Å². The molecule has 0 fully saturated rings. The lowest BCUT2D eigenvalue weighted by molar-refractivity contribution is -0.119. The van der Waals surface area contributed by atoms with Gasteiger partial charge in [0.25, 0.3) is 0 Å². The van der Waals surface area contributed by atoms with E-state index in [1.807, 2.05) is 24.3 Å². The first kappa shape index (κ1) is 15.5. The summed E-state index contributed by atoms with van der Waals surface area (Å²) >= 11 is 3.17. The zero-order valence-corrected chi connectivity index (χ0v) is 13.2. The van der Waals surface area contributed by atoms with Gasteiger partial charge < -0.3 is 10.6 Å². The van der Waals surface area contributed by atoms with Gasteiger partial charge in [-0.3, -0.25) is 4.79 Å². The molecule has 0 bridgehead atoms. The zero-order valence-electron chi connectivity index (χ0n) is 11.6. The van der Waals surface area contributed by atoms with E-state index in [0.29, 0.717) is 17.4 Å². The normalized spacial score (nSPS) is 10.2. The Hall–Kier alpha value is -1.88. The molecule has 0 unspecified atom stereocenters. The average Bonchev–Trinajstić information content (AvgIpc) is 2.50. The minimum absolute atomic E-state index is 0.00753. The molecule has 0 radical (unpaired) electrons. The highest BCUT2D eigenvalue weighted by molar-refractivity contribution is 9.10. The maximum atomic E-state index is 13.1. The first-order valence-electron chi connectivity index (χ1n) is 6.56. The van der Waals surface area contributed by atoms with Gasteiger partial charge in [-0.25, -0.2) is 4.39 Å². The molecule has 2 rings (SSSR count). The molecule has 0 spiro atoms. The molecular formula is C16H16BrFN2O. The van der Waals surface area contributed by atoms with Crippen molar-refractivity contribution >= 4 is 27.5 Å². The van der Waals surface area contributed by atoms with Crippen LogP contribution in [0.5, 0.6) is 0 Å². The number of benzene rings is 2. The van der Waals surface area contributed by atoms with Crippen molar-refractivity contribution in [3.63, 3.8) is 0 Å². The lowest BCUT2D eigenvalue weighted by atomic mass is 10.1. The maximum absolute atomic E-state index is 13.1. The van der Waals surface area contributed by atoms with Crippen LogP contribution in [0.1, 0.15) is 11.1 Å². The van der Waals surface area contributed by atoms with Gasteiger partial charge in [0.1, 0.15) is 5.82 Å². The van der Waals surface area contributed by atoms with Gasteiger partial charge in [-0.1, -0.05) is 18.2 Å². The van der Waals surface area contributed by atoms with Gasteiger partial charge in [0.15, 0.2) is 0 Å². The topological polar surface area (TPSA) is 41.1 Å². The molecule has 0 aliphatic carbocycles. The Morgan fingerprint density at radius 3 is 2.43 bits per heavy atom. The fraction of sp³-hybridized carbons (Fsp3) is 0.188. The minimum Gasteiger partial charge on any atom is -0.381 e. The van der Waals surface area contributed by atoms with Gasteiger partial charge in [0, 0.05) is 19.3 Å². The number of carbonyl (C=O) groups excluding carboxylic acids is 1. The highest BCUT2D eigenvalue weighted by Gasteiger charge is 2.02. The van der Waals surface area contributed by atoms with Gasteiger partial charge in [0.05, 0.1) is 10.9 Å². The first-order chi connectivity index (χ1) is 10.1. The molecule has 2 N–H and O–H groups in total. The van der Waals surface area contributed by atoms with Crippen molar-refractivity contribution in [2.45, 2.75) is 13.0 Å². The van der Waals surface area contributed by atoms with Gasteiger partial charge in [-0.2, -0.15) is 0 Å². The minimum atomic E-state index is -0.266. The van der Waals surface area contributed by atoms with Crippen LogP contribution in [-0.4, -0.2) is 13.0 Å². The number of likely N-dealkylation sites (N-methyl/N-ethyl adjacent to an activating group) is 1. The van der Waals surface area contributed by atoms with E-state index in [2.05, 4.69) is 26.6 Å². The van der Waals surface area contributed by atoms with E-state index < -0.39 is 0 Å².